The third kappa shape index (κ3) is 3.35. The maximum Gasteiger partial charge on any atom is 0.232 e. The van der Waals surface area contributed by atoms with Gasteiger partial charge in [0.25, 0.3) is 0 Å². The average Bonchev–Trinajstić information content (AvgIpc) is 3.11. The van der Waals surface area contributed by atoms with E-state index in [2.05, 4.69) is 19.1 Å². The normalized spacial score (nSPS) is 15.2. The molecule has 5 nitrogen and oxygen atoms in total. The van der Waals surface area contributed by atoms with Crippen LogP contribution in [-0.2, 0) is 11.2 Å². The van der Waals surface area contributed by atoms with Crippen LogP contribution in [0.4, 0.5) is 0 Å². The number of carbonyl (C=O) groups excluding carboxylic acids is 1. The summed E-state index contributed by atoms with van der Waals surface area (Å²) in [6, 6.07) is 12.3. The topological polar surface area (TPSA) is 61.4 Å². The number of piperidine rings is 1. The predicted octanol–water partition coefficient (Wildman–Crippen LogP) is 4.27. The largest absolute Gasteiger partial charge is 0.342 e. The highest BCUT2D eigenvalue weighted by atomic mass is 32.2. The summed E-state index contributed by atoms with van der Waals surface area (Å²) in [4.78, 5) is 19.4. The van der Waals surface area contributed by atoms with Gasteiger partial charge in [-0.05, 0) is 48.9 Å². The molecule has 1 aliphatic rings. The van der Waals surface area contributed by atoms with Gasteiger partial charge in [0, 0.05) is 13.1 Å². The lowest BCUT2D eigenvalue weighted by molar-refractivity contribution is -0.129. The maximum atomic E-state index is 12.7. The summed E-state index contributed by atoms with van der Waals surface area (Å²) < 4.78 is 2.03. The van der Waals surface area contributed by atoms with Crippen LogP contribution in [0.1, 0.15) is 37.8 Å². The molecule has 0 bridgehead atoms. The number of fused-ring (bicyclic) bond motifs is 3. The highest BCUT2D eigenvalue weighted by Gasteiger charge is 2.22. The van der Waals surface area contributed by atoms with Gasteiger partial charge in [0.05, 0.1) is 27.4 Å². The molecular weight excluding hydrogens is 368 g/mol. The number of pyridine rings is 1. The summed E-state index contributed by atoms with van der Waals surface area (Å²) in [6.07, 6.45) is 2.93. The van der Waals surface area contributed by atoms with Crippen LogP contribution in [0.15, 0.2) is 35.4 Å². The van der Waals surface area contributed by atoms with Gasteiger partial charge in [-0.1, -0.05) is 37.7 Å². The van der Waals surface area contributed by atoms with Gasteiger partial charge in [-0.3, -0.25) is 9.20 Å². The van der Waals surface area contributed by atoms with Crippen molar-refractivity contribution in [3.8, 4) is 6.07 Å². The molecule has 0 N–H and O–H groups in total. The first-order chi connectivity index (χ1) is 13.6. The molecule has 1 aromatic carbocycles. The molecule has 6 heteroatoms. The number of hydrogen-bond donors (Lipinski definition) is 0. The molecule has 1 fully saturated rings. The lowest BCUT2D eigenvalue weighted by Crippen LogP contribution is -2.38. The minimum absolute atomic E-state index is 0.192. The second-order valence-electron chi connectivity index (χ2n) is 7.46. The van der Waals surface area contributed by atoms with Crippen LogP contribution in [0, 0.1) is 17.2 Å². The smallest absolute Gasteiger partial charge is 0.232 e. The first kappa shape index (κ1) is 18.8. The van der Waals surface area contributed by atoms with Crippen molar-refractivity contribution < 1.29 is 4.79 Å². The lowest BCUT2D eigenvalue weighted by atomic mass is 9.99. The quantitative estimate of drug-likeness (QED) is 0.622. The van der Waals surface area contributed by atoms with Crippen LogP contribution in [0.5, 0.6) is 0 Å². The average molecular weight is 393 g/mol. The van der Waals surface area contributed by atoms with Crippen molar-refractivity contribution in [3.63, 3.8) is 0 Å². The van der Waals surface area contributed by atoms with Gasteiger partial charge in [-0.2, -0.15) is 5.26 Å². The van der Waals surface area contributed by atoms with Gasteiger partial charge in [-0.25, -0.2) is 4.98 Å². The Morgan fingerprint density at radius 1 is 1.32 bits per heavy atom. The van der Waals surface area contributed by atoms with Crippen molar-refractivity contribution in [1.82, 2.24) is 14.3 Å². The minimum atomic E-state index is 0.192. The standard InChI is InChI=1S/C22H24N4OS/c1-3-16-12-21(28-14-20(27)25-10-8-15(2)9-11-25)26-19-7-5-4-6-18(19)24-22(26)17(16)13-23/h4-7,12,15H,3,8-11,14H2,1-2H3. The maximum absolute atomic E-state index is 12.7. The molecule has 28 heavy (non-hydrogen) atoms. The summed E-state index contributed by atoms with van der Waals surface area (Å²) in [5.41, 5.74) is 4.13. The highest BCUT2D eigenvalue weighted by molar-refractivity contribution is 7.99. The van der Waals surface area contributed by atoms with E-state index in [1.165, 1.54) is 0 Å². The van der Waals surface area contributed by atoms with Crippen molar-refractivity contribution in [2.75, 3.05) is 18.8 Å². The van der Waals surface area contributed by atoms with Crippen molar-refractivity contribution in [3.05, 3.63) is 41.5 Å². The van der Waals surface area contributed by atoms with Crippen molar-refractivity contribution in [2.24, 2.45) is 5.92 Å². The van der Waals surface area contributed by atoms with Crippen LogP contribution >= 0.6 is 11.8 Å². The Kier molecular flexibility index (Phi) is 5.27. The number of para-hydroxylation sites is 2. The third-order valence-electron chi connectivity index (χ3n) is 5.60. The van der Waals surface area contributed by atoms with Gasteiger partial charge < -0.3 is 4.90 Å². The monoisotopic (exact) mass is 392 g/mol. The number of hydrogen-bond acceptors (Lipinski definition) is 4. The Morgan fingerprint density at radius 3 is 2.79 bits per heavy atom. The van der Waals surface area contributed by atoms with E-state index in [1.54, 1.807) is 11.8 Å². The van der Waals surface area contributed by atoms with E-state index in [9.17, 15) is 10.1 Å². The number of aryl methyl sites for hydroxylation is 1. The number of amides is 1. The Morgan fingerprint density at radius 2 is 2.07 bits per heavy atom. The second-order valence-corrected chi connectivity index (χ2v) is 8.46. The summed E-state index contributed by atoms with van der Waals surface area (Å²) >= 11 is 1.54. The molecule has 0 unspecified atom stereocenters. The van der Waals surface area contributed by atoms with E-state index < -0.39 is 0 Å². The van der Waals surface area contributed by atoms with Crippen LogP contribution in [-0.4, -0.2) is 39.0 Å². The Hall–Kier alpha value is -2.52. The molecule has 1 saturated heterocycles. The van der Waals surface area contributed by atoms with Crippen molar-refractivity contribution >= 4 is 34.3 Å². The van der Waals surface area contributed by atoms with E-state index in [1.807, 2.05) is 40.5 Å². The molecule has 3 heterocycles. The van der Waals surface area contributed by atoms with E-state index in [-0.39, 0.29) is 5.91 Å². The number of rotatable bonds is 4. The third-order valence-corrected chi connectivity index (χ3v) is 6.58. The number of benzene rings is 1. The Balaban J connectivity index is 1.70. The fourth-order valence-electron chi connectivity index (χ4n) is 3.84. The number of nitriles is 1. The molecule has 2 aromatic heterocycles. The number of nitrogens with zero attached hydrogens (tertiary/aromatic N) is 4. The summed E-state index contributed by atoms with van der Waals surface area (Å²) in [6.45, 7) is 6.01. The van der Waals surface area contributed by atoms with E-state index in [0.717, 1.165) is 54.0 Å². The number of thioether (sulfide) groups is 1. The first-order valence-corrected chi connectivity index (χ1v) is 10.8. The van der Waals surface area contributed by atoms with Gasteiger partial charge in [0.15, 0.2) is 5.65 Å². The zero-order valence-corrected chi connectivity index (χ0v) is 17.1. The molecule has 0 spiro atoms. The van der Waals surface area contributed by atoms with Gasteiger partial charge in [-0.15, -0.1) is 0 Å². The number of aromatic nitrogens is 2. The van der Waals surface area contributed by atoms with E-state index >= 15 is 0 Å². The molecule has 4 rings (SSSR count). The van der Waals surface area contributed by atoms with Gasteiger partial charge >= 0.3 is 0 Å². The van der Waals surface area contributed by atoms with Gasteiger partial charge in [0.2, 0.25) is 5.91 Å². The molecule has 0 aliphatic carbocycles. The minimum Gasteiger partial charge on any atom is -0.342 e. The Labute approximate surface area is 169 Å². The van der Waals surface area contributed by atoms with Crippen molar-refractivity contribution in [1.29, 1.82) is 5.26 Å². The number of likely N-dealkylation sites (tertiary alicyclic amines) is 1. The molecular formula is C22H24N4OS. The van der Waals surface area contributed by atoms with Crippen LogP contribution < -0.4 is 0 Å². The summed E-state index contributed by atoms with van der Waals surface area (Å²) in [5.74, 6) is 1.31. The summed E-state index contributed by atoms with van der Waals surface area (Å²) in [7, 11) is 0. The fraction of sp³-hybridized carbons (Fsp3) is 0.409. The fourth-order valence-corrected chi connectivity index (χ4v) is 4.83. The first-order valence-electron chi connectivity index (χ1n) is 9.86. The van der Waals surface area contributed by atoms with Crippen LogP contribution in [0.3, 0.4) is 0 Å². The molecule has 0 saturated carbocycles. The van der Waals surface area contributed by atoms with Crippen LogP contribution in [0.25, 0.3) is 16.7 Å². The zero-order chi connectivity index (χ0) is 19.7. The second kappa shape index (κ2) is 7.84. The molecule has 1 aliphatic heterocycles. The van der Waals surface area contributed by atoms with Gasteiger partial charge in [0.1, 0.15) is 6.07 Å². The number of imidazole rings is 1. The Bertz CT molecular complexity index is 1070. The molecule has 0 radical (unpaired) electrons. The van der Waals surface area contributed by atoms with Crippen molar-refractivity contribution in [2.45, 2.75) is 38.1 Å². The number of carbonyl (C=O) groups is 1. The molecule has 0 atom stereocenters. The van der Waals surface area contributed by atoms with Crippen LogP contribution in [0.2, 0.25) is 0 Å². The predicted molar refractivity (Wildman–Crippen MR) is 112 cm³/mol. The van der Waals surface area contributed by atoms with E-state index in [4.69, 9.17) is 4.98 Å². The lowest BCUT2D eigenvalue weighted by Gasteiger charge is -2.30. The van der Waals surface area contributed by atoms with E-state index in [0.29, 0.717) is 22.9 Å². The molecule has 1 amide bonds. The summed E-state index contributed by atoms with van der Waals surface area (Å²) in [5, 5.41) is 10.7. The molecule has 3 aromatic rings. The highest BCUT2D eigenvalue weighted by Crippen LogP contribution is 2.30. The SMILES string of the molecule is CCc1cc(SCC(=O)N2CCC(C)CC2)n2c(nc3ccccc32)c1C#N. The zero-order valence-electron chi connectivity index (χ0n) is 16.3. The molecule has 144 valence electrons.